The predicted octanol–water partition coefficient (Wildman–Crippen LogP) is 6.72. The van der Waals surface area contributed by atoms with Crippen LogP contribution in [0.2, 0.25) is 5.02 Å². The molecule has 3 aromatic carbocycles. The molecular weight excluding hydrogens is 526 g/mol. The van der Waals surface area contributed by atoms with Crippen LogP contribution in [0.25, 0.3) is 0 Å². The number of nitrogens with one attached hydrogen (secondary N) is 1. The first-order valence-electron chi connectivity index (χ1n) is 13.5. The fourth-order valence-electron chi connectivity index (χ4n) is 5.49. The number of esters is 1. The highest BCUT2D eigenvalue weighted by atomic mass is 35.5. The summed E-state index contributed by atoms with van der Waals surface area (Å²) in [4.78, 5) is 27.5. The molecule has 1 N–H and O–H groups in total. The van der Waals surface area contributed by atoms with Gasteiger partial charge in [-0.1, -0.05) is 60.1 Å². The van der Waals surface area contributed by atoms with E-state index >= 15 is 0 Å². The lowest BCUT2D eigenvalue weighted by atomic mass is 9.71. The maximum Gasteiger partial charge on any atom is 0.336 e. The van der Waals surface area contributed by atoms with Gasteiger partial charge in [0.2, 0.25) is 0 Å². The number of carbonyl (C=O) groups is 2. The topological polar surface area (TPSA) is 73.9 Å². The molecular formula is C33H32ClNO5. The molecule has 2 aliphatic rings. The standard InChI is InChI=1S/C33H32ClNO5/c1-3-38-29-12-8-7-11-26(29)31-30(33(37)40-18-17-39-25-9-5-4-6-10-25)21(2)35-27-19-23(20-28(36)32(27)31)22-13-15-24(34)16-14-22/h4-16,23,31,35H,3,17-20H2,1-2H3/t23-,31-/m0/s1. The molecule has 0 fully saturated rings. The number of hydrogen-bond donors (Lipinski definition) is 1. The van der Waals surface area contributed by atoms with Crippen LogP contribution < -0.4 is 14.8 Å². The average Bonchev–Trinajstić information content (AvgIpc) is 2.96. The van der Waals surface area contributed by atoms with Crippen molar-refractivity contribution in [3.8, 4) is 11.5 Å². The van der Waals surface area contributed by atoms with Crippen molar-refractivity contribution in [2.75, 3.05) is 19.8 Å². The third-order valence-electron chi connectivity index (χ3n) is 7.25. The van der Waals surface area contributed by atoms with Gasteiger partial charge < -0.3 is 19.5 Å². The van der Waals surface area contributed by atoms with Gasteiger partial charge in [-0.15, -0.1) is 0 Å². The lowest BCUT2D eigenvalue weighted by Gasteiger charge is -2.37. The van der Waals surface area contributed by atoms with E-state index in [9.17, 15) is 9.59 Å². The fraction of sp³-hybridized carbons (Fsp3) is 0.273. The highest BCUT2D eigenvalue weighted by Crippen LogP contribution is 2.47. The van der Waals surface area contributed by atoms with E-state index in [1.54, 1.807) is 0 Å². The van der Waals surface area contributed by atoms with Crippen molar-refractivity contribution in [3.05, 3.63) is 118 Å². The molecule has 6 nitrogen and oxygen atoms in total. The zero-order valence-electron chi connectivity index (χ0n) is 22.6. The van der Waals surface area contributed by atoms with Crippen molar-refractivity contribution >= 4 is 23.4 Å². The highest BCUT2D eigenvalue weighted by Gasteiger charge is 2.42. The summed E-state index contributed by atoms with van der Waals surface area (Å²) in [6.45, 7) is 4.51. The maximum atomic E-state index is 13.9. The van der Waals surface area contributed by atoms with Crippen molar-refractivity contribution in [2.24, 2.45) is 0 Å². The predicted molar refractivity (Wildman–Crippen MR) is 155 cm³/mol. The van der Waals surface area contributed by atoms with Crippen molar-refractivity contribution in [1.82, 2.24) is 5.32 Å². The Labute approximate surface area is 239 Å². The van der Waals surface area contributed by atoms with Crippen molar-refractivity contribution in [3.63, 3.8) is 0 Å². The van der Waals surface area contributed by atoms with Crippen molar-refractivity contribution < 1.29 is 23.8 Å². The third kappa shape index (κ3) is 5.92. The Bertz CT molecular complexity index is 1450. The first-order chi connectivity index (χ1) is 19.5. The number of ether oxygens (including phenoxy) is 3. The lowest BCUT2D eigenvalue weighted by Crippen LogP contribution is -2.36. The number of benzene rings is 3. The van der Waals surface area contributed by atoms with Gasteiger partial charge in [-0.25, -0.2) is 4.79 Å². The molecule has 1 aliphatic heterocycles. The number of allylic oxidation sites excluding steroid dienone is 3. The number of Topliss-reactive ketones (excluding diaryl/α,β-unsaturated/α-hetero) is 1. The number of rotatable bonds is 9. The summed E-state index contributed by atoms with van der Waals surface area (Å²) in [6.07, 6.45) is 0.975. The normalized spacial score (nSPS) is 18.6. The van der Waals surface area contributed by atoms with E-state index in [1.165, 1.54) is 0 Å². The van der Waals surface area contributed by atoms with Crippen LogP contribution in [-0.2, 0) is 14.3 Å². The zero-order valence-corrected chi connectivity index (χ0v) is 23.4. The van der Waals surface area contributed by atoms with Gasteiger partial charge in [-0.2, -0.15) is 0 Å². The smallest absolute Gasteiger partial charge is 0.336 e. The second-order valence-corrected chi connectivity index (χ2v) is 10.3. The van der Waals surface area contributed by atoms with Crippen LogP contribution in [0.5, 0.6) is 11.5 Å². The minimum atomic E-state index is -0.611. The number of hydrogen-bond acceptors (Lipinski definition) is 6. The number of ketones is 1. The summed E-state index contributed by atoms with van der Waals surface area (Å²) in [5, 5.41) is 4.06. The van der Waals surface area contributed by atoms with Gasteiger partial charge in [0.1, 0.15) is 24.7 Å². The van der Waals surface area contributed by atoms with E-state index in [-0.39, 0.29) is 24.9 Å². The molecule has 0 amide bonds. The molecule has 40 heavy (non-hydrogen) atoms. The molecule has 0 aromatic heterocycles. The van der Waals surface area contributed by atoms with Crippen LogP contribution in [0.3, 0.4) is 0 Å². The Morgan fingerprint density at radius 1 is 0.925 bits per heavy atom. The molecule has 0 radical (unpaired) electrons. The molecule has 206 valence electrons. The quantitative estimate of drug-likeness (QED) is 0.232. The van der Waals surface area contributed by atoms with Gasteiger partial charge in [-0.05, 0) is 62.1 Å². The van der Waals surface area contributed by atoms with Crippen LogP contribution in [0, 0.1) is 0 Å². The molecule has 2 atom stereocenters. The molecule has 7 heteroatoms. The Morgan fingerprint density at radius 3 is 2.40 bits per heavy atom. The molecule has 5 rings (SSSR count). The SMILES string of the molecule is CCOc1ccccc1[C@H]1C(C(=O)OCCOc2ccccc2)=C(C)NC2=C1C(=O)C[C@@H](c1ccc(Cl)cc1)C2. The van der Waals surface area contributed by atoms with E-state index in [2.05, 4.69) is 5.32 Å². The second kappa shape index (κ2) is 12.4. The van der Waals surface area contributed by atoms with E-state index in [1.807, 2.05) is 92.7 Å². The first kappa shape index (κ1) is 27.5. The molecule has 0 saturated heterocycles. The van der Waals surface area contributed by atoms with E-state index in [4.69, 9.17) is 25.8 Å². The van der Waals surface area contributed by atoms with E-state index in [0.29, 0.717) is 52.8 Å². The number of para-hydroxylation sites is 2. The monoisotopic (exact) mass is 557 g/mol. The maximum absolute atomic E-state index is 13.9. The zero-order chi connectivity index (χ0) is 28.1. The van der Waals surface area contributed by atoms with Crippen LogP contribution in [0.4, 0.5) is 0 Å². The van der Waals surface area contributed by atoms with Gasteiger partial charge in [0.25, 0.3) is 0 Å². The highest BCUT2D eigenvalue weighted by molar-refractivity contribution is 6.30. The summed E-state index contributed by atoms with van der Waals surface area (Å²) in [6, 6.07) is 24.6. The Hall–Kier alpha value is -4.03. The van der Waals surface area contributed by atoms with Gasteiger partial charge in [0.15, 0.2) is 5.78 Å². The number of carbonyl (C=O) groups excluding carboxylic acids is 2. The van der Waals surface area contributed by atoms with Gasteiger partial charge in [-0.3, -0.25) is 4.79 Å². The lowest BCUT2D eigenvalue weighted by molar-refractivity contribution is -0.140. The molecule has 3 aromatic rings. The summed E-state index contributed by atoms with van der Waals surface area (Å²) < 4.78 is 17.3. The average molecular weight is 558 g/mol. The summed E-state index contributed by atoms with van der Waals surface area (Å²) in [5.74, 6) is 0.249. The summed E-state index contributed by atoms with van der Waals surface area (Å²) in [5.41, 5.74) is 4.31. The molecule has 0 unspecified atom stereocenters. The molecule has 1 heterocycles. The number of halogens is 1. The summed E-state index contributed by atoms with van der Waals surface area (Å²) >= 11 is 6.10. The number of dihydropyridines is 1. The fourth-order valence-corrected chi connectivity index (χ4v) is 5.61. The Kier molecular flexibility index (Phi) is 8.56. The van der Waals surface area contributed by atoms with Gasteiger partial charge in [0, 0.05) is 34.0 Å². The van der Waals surface area contributed by atoms with Crippen LogP contribution in [-0.4, -0.2) is 31.6 Å². The molecule has 0 saturated carbocycles. The van der Waals surface area contributed by atoms with Crippen LogP contribution in [0.1, 0.15) is 49.7 Å². The summed E-state index contributed by atoms with van der Waals surface area (Å²) in [7, 11) is 0. The van der Waals surface area contributed by atoms with E-state index < -0.39 is 11.9 Å². The third-order valence-corrected chi connectivity index (χ3v) is 7.50. The molecule has 0 bridgehead atoms. The van der Waals surface area contributed by atoms with Crippen LogP contribution in [0.15, 0.2) is 101 Å². The Balaban J connectivity index is 1.45. The minimum absolute atomic E-state index is 0.00443. The van der Waals surface area contributed by atoms with Crippen LogP contribution >= 0.6 is 11.6 Å². The second-order valence-electron chi connectivity index (χ2n) is 9.84. The largest absolute Gasteiger partial charge is 0.494 e. The van der Waals surface area contributed by atoms with E-state index in [0.717, 1.165) is 16.8 Å². The first-order valence-corrected chi connectivity index (χ1v) is 13.9. The molecule has 0 spiro atoms. The Morgan fingerprint density at radius 2 is 1.65 bits per heavy atom. The molecule has 1 aliphatic carbocycles. The minimum Gasteiger partial charge on any atom is -0.494 e. The van der Waals surface area contributed by atoms with Crippen molar-refractivity contribution in [2.45, 2.75) is 38.5 Å². The van der Waals surface area contributed by atoms with Gasteiger partial charge >= 0.3 is 5.97 Å². The van der Waals surface area contributed by atoms with Gasteiger partial charge in [0.05, 0.1) is 18.1 Å². The van der Waals surface area contributed by atoms with Crippen molar-refractivity contribution in [1.29, 1.82) is 0 Å².